The van der Waals surface area contributed by atoms with Crippen LogP contribution in [0.5, 0.6) is 0 Å². The van der Waals surface area contributed by atoms with Crippen LogP contribution in [-0.2, 0) is 26.2 Å². The second-order valence-corrected chi connectivity index (χ2v) is 6.81. The van der Waals surface area contributed by atoms with E-state index in [0.29, 0.717) is 0 Å². The molecule has 0 unspecified atom stereocenters. The van der Waals surface area contributed by atoms with Gasteiger partial charge >= 0.3 is 26.2 Å². The van der Waals surface area contributed by atoms with E-state index in [2.05, 4.69) is 110 Å². The number of rotatable bonds is 0. The average molecular weight is 445 g/mol. The van der Waals surface area contributed by atoms with Crippen molar-refractivity contribution in [3.63, 3.8) is 0 Å². The minimum absolute atomic E-state index is 0. The maximum absolute atomic E-state index is 2.99. The van der Waals surface area contributed by atoms with Crippen molar-refractivity contribution in [2.24, 2.45) is 0 Å². The van der Waals surface area contributed by atoms with Gasteiger partial charge in [-0.05, 0) is 0 Å². The molecule has 0 aromatic heterocycles. The fraction of sp³-hybridized carbons (Fsp3) is 0.120. The molecule has 0 nitrogen and oxygen atoms in total. The molecule has 133 valence electrons. The zero-order valence-electron chi connectivity index (χ0n) is 16.0. The van der Waals surface area contributed by atoms with E-state index in [1.54, 1.807) is 0 Å². The van der Waals surface area contributed by atoms with Crippen LogP contribution in [0.15, 0.2) is 103 Å². The van der Waals surface area contributed by atoms with Gasteiger partial charge in [0.25, 0.3) is 0 Å². The molecular formula is C25H25SiZr. The largest absolute Gasteiger partial charge is 3.00 e. The Bertz CT molecular complexity index is 791. The summed E-state index contributed by atoms with van der Waals surface area (Å²) in [5.41, 5.74) is 0. The molecule has 0 saturated heterocycles. The van der Waals surface area contributed by atoms with Gasteiger partial charge < -0.3 is 0 Å². The number of benzene rings is 2. The number of hydrogen-bond acceptors (Lipinski definition) is 0. The van der Waals surface area contributed by atoms with Gasteiger partial charge in [0.15, 0.2) is 0 Å². The molecule has 0 N–H and O–H groups in total. The molecule has 4 aromatic rings. The van der Waals surface area contributed by atoms with E-state index in [0.717, 1.165) is 15.9 Å². The summed E-state index contributed by atoms with van der Waals surface area (Å²) in [5, 5.41) is 5.32. The van der Waals surface area contributed by atoms with Crippen molar-refractivity contribution in [2.45, 2.75) is 19.5 Å². The molecular weight excluding hydrogens is 420 g/mol. The van der Waals surface area contributed by atoms with Gasteiger partial charge in [0.1, 0.15) is 0 Å². The molecule has 2 heteroatoms. The molecule has 27 heavy (non-hydrogen) atoms. The first-order valence-corrected chi connectivity index (χ1v) is 10.9. The van der Waals surface area contributed by atoms with Crippen LogP contribution < -0.4 is 0 Å². The Morgan fingerprint density at radius 2 is 1.26 bits per heavy atom. The summed E-state index contributed by atoms with van der Waals surface area (Å²) in [4.78, 5) is 0. The van der Waals surface area contributed by atoms with Gasteiger partial charge in [0.05, 0.1) is 0 Å². The van der Waals surface area contributed by atoms with Gasteiger partial charge in [-0.3, -0.25) is 6.08 Å². The van der Waals surface area contributed by atoms with Gasteiger partial charge in [0, 0.05) is 9.52 Å². The second-order valence-electron chi connectivity index (χ2n) is 5.81. The van der Waals surface area contributed by atoms with Crippen molar-refractivity contribution in [1.29, 1.82) is 0 Å². The Kier molecular flexibility index (Phi) is 12.3. The van der Waals surface area contributed by atoms with Crippen LogP contribution in [0.2, 0.25) is 13.1 Å². The van der Waals surface area contributed by atoms with Crippen LogP contribution in [0.3, 0.4) is 0 Å². The average Bonchev–Trinajstić information content (AvgIpc) is 3.46. The first kappa shape index (κ1) is 23.3. The minimum Gasteiger partial charge on any atom is -0.273 e. The molecule has 0 bridgehead atoms. The minimum atomic E-state index is 0. The molecule has 0 fully saturated rings. The molecule has 3 radical (unpaired) electrons. The molecule has 0 saturated carbocycles. The van der Waals surface area contributed by atoms with Crippen LogP contribution in [0.4, 0.5) is 0 Å². The fourth-order valence-electron chi connectivity index (χ4n) is 2.48. The van der Waals surface area contributed by atoms with Gasteiger partial charge in [-0.25, -0.2) is 12.2 Å². The summed E-state index contributed by atoms with van der Waals surface area (Å²) in [6.45, 7) is 4.31. The van der Waals surface area contributed by atoms with Crippen molar-refractivity contribution in [3.05, 3.63) is 109 Å². The molecule has 1 aliphatic rings. The van der Waals surface area contributed by atoms with Crippen LogP contribution in [0.25, 0.3) is 21.5 Å². The van der Waals surface area contributed by atoms with E-state index in [9.17, 15) is 0 Å². The molecule has 5 rings (SSSR count). The molecule has 1 aliphatic carbocycles. The summed E-state index contributed by atoms with van der Waals surface area (Å²) in [6, 6.07) is 29.3. The third-order valence-electron chi connectivity index (χ3n) is 3.68. The third kappa shape index (κ3) is 8.65. The zero-order valence-corrected chi connectivity index (χ0v) is 19.5. The van der Waals surface area contributed by atoms with Crippen molar-refractivity contribution >= 4 is 31.1 Å². The van der Waals surface area contributed by atoms with E-state index in [1.165, 1.54) is 21.5 Å². The molecule has 0 atom stereocenters. The van der Waals surface area contributed by atoms with Crippen LogP contribution in [0, 0.1) is 6.08 Å². The van der Waals surface area contributed by atoms with E-state index in [1.807, 2.05) is 12.2 Å². The Morgan fingerprint density at radius 1 is 0.778 bits per heavy atom. The summed E-state index contributed by atoms with van der Waals surface area (Å²) >= 11 is 0. The molecule has 0 spiro atoms. The fourth-order valence-corrected chi connectivity index (χ4v) is 2.48. The first-order chi connectivity index (χ1) is 12.8. The summed E-state index contributed by atoms with van der Waals surface area (Å²) in [5.74, 6) is 0. The van der Waals surface area contributed by atoms with Gasteiger partial charge in [0.2, 0.25) is 0 Å². The van der Waals surface area contributed by atoms with Crippen molar-refractivity contribution in [2.75, 3.05) is 0 Å². The van der Waals surface area contributed by atoms with Crippen molar-refractivity contribution < 1.29 is 26.2 Å². The van der Waals surface area contributed by atoms with E-state index < -0.39 is 0 Å². The summed E-state index contributed by atoms with van der Waals surface area (Å²) in [6.07, 6.45) is 10.0. The monoisotopic (exact) mass is 443 g/mol. The van der Waals surface area contributed by atoms with Gasteiger partial charge in [-0.1, -0.05) is 25.2 Å². The maximum atomic E-state index is 2.99. The van der Waals surface area contributed by atoms with Crippen molar-refractivity contribution in [1.82, 2.24) is 0 Å². The van der Waals surface area contributed by atoms with E-state index >= 15 is 0 Å². The molecule has 0 amide bonds. The number of hydrogen-bond donors (Lipinski definition) is 0. The van der Waals surface area contributed by atoms with Gasteiger partial charge in [-0.15, -0.1) is 65.7 Å². The molecule has 0 aliphatic heterocycles. The predicted molar refractivity (Wildman–Crippen MR) is 118 cm³/mol. The molecule has 0 heterocycles. The van der Waals surface area contributed by atoms with Gasteiger partial charge in [-0.2, -0.15) is 41.1 Å². The Labute approximate surface area is 185 Å². The molecule has 4 aromatic carbocycles. The number of allylic oxidation sites excluding steroid dienone is 4. The second kappa shape index (κ2) is 14.3. The zero-order chi connectivity index (χ0) is 18.5. The van der Waals surface area contributed by atoms with E-state index in [-0.39, 0.29) is 26.2 Å². The summed E-state index contributed by atoms with van der Waals surface area (Å²) < 4.78 is 0. The van der Waals surface area contributed by atoms with Crippen LogP contribution in [0.1, 0.15) is 6.42 Å². The van der Waals surface area contributed by atoms with Crippen molar-refractivity contribution in [3.8, 4) is 0 Å². The SMILES string of the molecule is C[Si]C.[C-]1=CC=CC1.[Zr+3].c1ccc2[cH-]ccc2c1.c1ccc2[cH-]ccc2c1. The third-order valence-corrected chi connectivity index (χ3v) is 3.68. The van der Waals surface area contributed by atoms with Crippen LogP contribution in [-0.4, -0.2) is 9.52 Å². The quantitative estimate of drug-likeness (QED) is 0.198. The normalized spacial score (nSPS) is 10.7. The standard InChI is InChI=1S/2C9H7.C5H5.C2H6Si.Zr/c2*1-2-5-9-7-3-6-8(9)4-1;1-2-4-5-3-1;1-3-2;/h2*1-7H;1-3H,4H2;1-2H3;/q3*-1;;+3. The number of fused-ring (bicyclic) bond motifs is 2. The topological polar surface area (TPSA) is 0 Å². The van der Waals surface area contributed by atoms with E-state index in [4.69, 9.17) is 0 Å². The Hall–Kier alpha value is -1.76. The summed E-state index contributed by atoms with van der Waals surface area (Å²) in [7, 11) is 1.08. The predicted octanol–water partition coefficient (Wildman–Crippen LogP) is 7.21. The first-order valence-electron chi connectivity index (χ1n) is 8.86. The van der Waals surface area contributed by atoms with Crippen LogP contribution >= 0.6 is 0 Å². The smallest absolute Gasteiger partial charge is 0.273 e. The Morgan fingerprint density at radius 3 is 1.59 bits per heavy atom. The Balaban J connectivity index is 0.000000192. The maximum Gasteiger partial charge on any atom is 3.00 e.